The minimum Gasteiger partial charge on any atom is -0.312 e. The minimum absolute atomic E-state index is 0.0166. The van der Waals surface area contributed by atoms with Crippen LogP contribution in [-0.4, -0.2) is 27.8 Å². The van der Waals surface area contributed by atoms with Crippen molar-refractivity contribution in [2.75, 3.05) is 17.2 Å². The molecule has 0 bridgehead atoms. The molecule has 4 aromatic rings. The summed E-state index contributed by atoms with van der Waals surface area (Å²) in [6, 6.07) is 17.8. The first-order valence-corrected chi connectivity index (χ1v) is 11.9. The van der Waals surface area contributed by atoms with E-state index in [1.54, 1.807) is 11.9 Å². The Labute approximate surface area is 189 Å². The number of hydrogen-bond acceptors (Lipinski definition) is 5. The number of anilines is 1. The van der Waals surface area contributed by atoms with Gasteiger partial charge >= 0.3 is 0 Å². The topological polar surface area (TPSA) is 55.2 Å². The number of thiophene rings is 1. The van der Waals surface area contributed by atoms with E-state index in [2.05, 4.69) is 12.1 Å². The predicted octanol–water partition coefficient (Wildman–Crippen LogP) is 5.12. The molecule has 0 aliphatic rings. The Morgan fingerprint density at radius 1 is 1.13 bits per heavy atom. The molecule has 0 N–H and O–H groups in total. The van der Waals surface area contributed by atoms with Gasteiger partial charge in [0.15, 0.2) is 5.16 Å². The Morgan fingerprint density at radius 3 is 2.52 bits per heavy atom. The highest BCUT2D eigenvalue weighted by Gasteiger charge is 2.18. The molecule has 4 rings (SSSR count). The second kappa shape index (κ2) is 9.08. The first kappa shape index (κ1) is 21.3. The van der Waals surface area contributed by atoms with Gasteiger partial charge in [-0.05, 0) is 31.5 Å². The van der Waals surface area contributed by atoms with Crippen molar-refractivity contribution in [3.8, 4) is 11.1 Å². The molecule has 0 radical (unpaired) electrons. The molecule has 7 heteroatoms. The number of carbonyl (C=O) groups is 1. The number of hydrogen-bond donors (Lipinski definition) is 0. The van der Waals surface area contributed by atoms with Crippen molar-refractivity contribution >= 4 is 44.9 Å². The fourth-order valence-corrected chi connectivity index (χ4v) is 5.24. The summed E-state index contributed by atoms with van der Waals surface area (Å²) in [4.78, 5) is 32.3. The number of para-hydroxylation sites is 1. The van der Waals surface area contributed by atoms with Gasteiger partial charge in [-0.2, -0.15) is 0 Å². The van der Waals surface area contributed by atoms with Gasteiger partial charge in [-0.3, -0.25) is 14.2 Å². The third-order valence-corrected chi connectivity index (χ3v) is 7.10. The molecule has 0 aliphatic heterocycles. The third-order valence-electron chi connectivity index (χ3n) is 5.13. The van der Waals surface area contributed by atoms with Crippen molar-refractivity contribution in [1.82, 2.24) is 9.55 Å². The van der Waals surface area contributed by atoms with E-state index in [-0.39, 0.29) is 17.2 Å². The Bertz CT molecular complexity index is 1280. The molecular formula is C24H23N3O2S2. The SMILES string of the molecule is CCN(C(=O)CSc1nc2c(-c3ccc(C)cc3)csc2c(=O)n1C)c1ccccc1. The molecule has 2 aromatic heterocycles. The molecule has 0 saturated carbocycles. The normalized spacial score (nSPS) is 11.1. The van der Waals surface area contributed by atoms with Crippen molar-refractivity contribution in [1.29, 1.82) is 0 Å². The average Bonchev–Trinajstić information content (AvgIpc) is 3.21. The number of amides is 1. The van der Waals surface area contributed by atoms with Crippen molar-refractivity contribution in [3.05, 3.63) is 75.9 Å². The molecular weight excluding hydrogens is 426 g/mol. The summed E-state index contributed by atoms with van der Waals surface area (Å²) in [5, 5.41) is 2.53. The lowest BCUT2D eigenvalue weighted by molar-refractivity contribution is -0.116. The molecule has 0 aliphatic carbocycles. The zero-order valence-electron chi connectivity index (χ0n) is 17.7. The first-order chi connectivity index (χ1) is 15.0. The number of benzene rings is 2. The van der Waals surface area contributed by atoms with E-state index in [0.717, 1.165) is 16.8 Å². The molecule has 2 heterocycles. The number of rotatable bonds is 6. The van der Waals surface area contributed by atoms with E-state index in [1.807, 2.05) is 61.7 Å². The molecule has 158 valence electrons. The van der Waals surface area contributed by atoms with Crippen molar-refractivity contribution < 1.29 is 4.79 Å². The number of aryl methyl sites for hydroxylation is 1. The van der Waals surface area contributed by atoms with Gasteiger partial charge in [0.05, 0.1) is 11.3 Å². The summed E-state index contributed by atoms with van der Waals surface area (Å²) in [7, 11) is 1.71. The maximum Gasteiger partial charge on any atom is 0.271 e. The van der Waals surface area contributed by atoms with E-state index in [9.17, 15) is 9.59 Å². The summed E-state index contributed by atoms with van der Waals surface area (Å²) in [6.45, 7) is 4.58. The minimum atomic E-state index is -0.0845. The maximum absolute atomic E-state index is 12.9. The highest BCUT2D eigenvalue weighted by atomic mass is 32.2. The zero-order valence-corrected chi connectivity index (χ0v) is 19.3. The summed E-state index contributed by atoms with van der Waals surface area (Å²) < 4.78 is 2.17. The number of aromatic nitrogens is 2. The van der Waals surface area contributed by atoms with E-state index in [1.165, 1.54) is 33.2 Å². The summed E-state index contributed by atoms with van der Waals surface area (Å²) in [6.07, 6.45) is 0. The number of thioether (sulfide) groups is 1. The van der Waals surface area contributed by atoms with E-state index in [0.29, 0.717) is 21.9 Å². The third kappa shape index (κ3) is 4.29. The van der Waals surface area contributed by atoms with Crippen LogP contribution in [0.2, 0.25) is 0 Å². The van der Waals surface area contributed by atoms with Gasteiger partial charge in [0.2, 0.25) is 5.91 Å². The predicted molar refractivity (Wildman–Crippen MR) is 130 cm³/mol. The largest absolute Gasteiger partial charge is 0.312 e. The molecule has 2 aromatic carbocycles. The fourth-order valence-electron chi connectivity index (χ4n) is 3.41. The van der Waals surface area contributed by atoms with Gasteiger partial charge in [-0.1, -0.05) is 59.8 Å². The molecule has 0 spiro atoms. The fraction of sp³-hybridized carbons (Fsp3) is 0.208. The van der Waals surface area contributed by atoms with Gasteiger partial charge in [0, 0.05) is 30.2 Å². The quantitative estimate of drug-likeness (QED) is 0.303. The molecule has 0 saturated heterocycles. The second-order valence-corrected chi connectivity index (χ2v) is 9.04. The highest BCUT2D eigenvalue weighted by Crippen LogP contribution is 2.32. The smallest absolute Gasteiger partial charge is 0.271 e. The Kier molecular flexibility index (Phi) is 6.25. The molecule has 31 heavy (non-hydrogen) atoms. The van der Waals surface area contributed by atoms with Crippen molar-refractivity contribution in [3.63, 3.8) is 0 Å². The molecule has 0 atom stereocenters. The van der Waals surface area contributed by atoms with Gasteiger partial charge in [0.25, 0.3) is 5.56 Å². The molecule has 5 nitrogen and oxygen atoms in total. The van der Waals surface area contributed by atoms with Gasteiger partial charge in [-0.25, -0.2) is 4.98 Å². The van der Waals surface area contributed by atoms with Crippen LogP contribution in [-0.2, 0) is 11.8 Å². The highest BCUT2D eigenvalue weighted by molar-refractivity contribution is 7.99. The van der Waals surface area contributed by atoms with E-state index < -0.39 is 0 Å². The Hall–Kier alpha value is -2.90. The lowest BCUT2D eigenvalue weighted by atomic mass is 10.1. The lowest BCUT2D eigenvalue weighted by Crippen LogP contribution is -2.32. The first-order valence-electron chi connectivity index (χ1n) is 10.0. The van der Waals surface area contributed by atoms with E-state index >= 15 is 0 Å². The zero-order chi connectivity index (χ0) is 22.0. The van der Waals surface area contributed by atoms with Crippen LogP contribution in [0.3, 0.4) is 0 Å². The van der Waals surface area contributed by atoms with Gasteiger partial charge in [0.1, 0.15) is 4.70 Å². The second-order valence-electron chi connectivity index (χ2n) is 7.21. The Morgan fingerprint density at radius 2 is 1.84 bits per heavy atom. The van der Waals surface area contributed by atoms with Crippen molar-refractivity contribution in [2.24, 2.45) is 7.05 Å². The van der Waals surface area contributed by atoms with Crippen molar-refractivity contribution in [2.45, 2.75) is 19.0 Å². The van der Waals surface area contributed by atoms with Gasteiger partial charge in [-0.15, -0.1) is 11.3 Å². The maximum atomic E-state index is 12.9. The van der Waals surface area contributed by atoms with Crippen LogP contribution in [0.5, 0.6) is 0 Å². The lowest BCUT2D eigenvalue weighted by Gasteiger charge is -2.20. The Balaban J connectivity index is 1.64. The summed E-state index contributed by atoms with van der Waals surface area (Å²) in [5.41, 5.74) is 4.64. The number of carbonyl (C=O) groups excluding carboxylic acids is 1. The number of nitrogens with zero attached hydrogens (tertiary/aromatic N) is 3. The molecule has 0 fully saturated rings. The average molecular weight is 450 g/mol. The van der Waals surface area contributed by atoms with Crippen LogP contribution in [0.4, 0.5) is 5.69 Å². The van der Waals surface area contributed by atoms with Crippen LogP contribution >= 0.6 is 23.1 Å². The van der Waals surface area contributed by atoms with E-state index in [4.69, 9.17) is 4.98 Å². The molecule has 1 amide bonds. The van der Waals surface area contributed by atoms with Crippen LogP contribution in [0, 0.1) is 6.92 Å². The summed E-state index contributed by atoms with van der Waals surface area (Å²) >= 11 is 2.71. The standard InChI is InChI=1S/C24H23N3O2S2/c1-4-27(18-8-6-5-7-9-18)20(28)15-31-24-25-21-19(17-12-10-16(2)11-13-17)14-30-22(21)23(29)26(24)3/h5-14H,4,15H2,1-3H3. The van der Waals surface area contributed by atoms with Crippen LogP contribution in [0.25, 0.3) is 21.3 Å². The number of fused-ring (bicyclic) bond motifs is 1. The molecule has 0 unspecified atom stereocenters. The van der Waals surface area contributed by atoms with Gasteiger partial charge < -0.3 is 4.90 Å². The summed E-state index contributed by atoms with van der Waals surface area (Å²) in [5.74, 6) is 0.190. The van der Waals surface area contributed by atoms with Crippen LogP contribution < -0.4 is 10.5 Å². The van der Waals surface area contributed by atoms with Crippen LogP contribution in [0.15, 0.2) is 69.9 Å². The monoisotopic (exact) mass is 449 g/mol. The van der Waals surface area contributed by atoms with Crippen LogP contribution in [0.1, 0.15) is 12.5 Å².